The minimum Gasteiger partial charge on any atom is -0.469 e. The molecule has 2 rings (SSSR count). The van der Waals surface area contributed by atoms with E-state index >= 15 is 0 Å². The van der Waals surface area contributed by atoms with Crippen LogP contribution in [0.3, 0.4) is 0 Å². The van der Waals surface area contributed by atoms with Gasteiger partial charge in [-0.2, -0.15) is 0 Å². The van der Waals surface area contributed by atoms with Crippen molar-refractivity contribution in [3.8, 4) is 0 Å². The molecule has 1 saturated heterocycles. The van der Waals surface area contributed by atoms with Crippen LogP contribution in [0.5, 0.6) is 0 Å². The molecule has 0 unspecified atom stereocenters. The Bertz CT molecular complexity index is 540. The number of piperidine rings is 1. The van der Waals surface area contributed by atoms with Crippen molar-refractivity contribution in [3.05, 3.63) is 28.8 Å². The molecule has 1 fully saturated rings. The van der Waals surface area contributed by atoms with Gasteiger partial charge >= 0.3 is 5.97 Å². The van der Waals surface area contributed by atoms with Gasteiger partial charge in [-0.15, -0.1) is 0 Å². The molecule has 1 heterocycles. The second-order valence-electron chi connectivity index (χ2n) is 6.10. The average molecular weight is 356 g/mol. The summed E-state index contributed by atoms with van der Waals surface area (Å²) in [4.78, 5) is 13.7. The summed E-state index contributed by atoms with van der Waals surface area (Å²) >= 11 is 6.32. The van der Waals surface area contributed by atoms with Gasteiger partial charge in [0.25, 0.3) is 0 Å². The highest BCUT2D eigenvalue weighted by molar-refractivity contribution is 6.31. The Labute approximate surface area is 148 Å². The molecule has 1 aromatic carbocycles. The van der Waals surface area contributed by atoms with Crippen LogP contribution in [0, 0.1) is 5.92 Å². The van der Waals surface area contributed by atoms with Crippen molar-refractivity contribution >= 4 is 23.3 Å². The van der Waals surface area contributed by atoms with Gasteiger partial charge in [0.2, 0.25) is 0 Å². The van der Waals surface area contributed by atoms with Crippen LogP contribution < -0.4 is 4.90 Å². The summed E-state index contributed by atoms with van der Waals surface area (Å²) in [6.07, 6.45) is 3.22. The van der Waals surface area contributed by atoms with Gasteiger partial charge in [-0.05, 0) is 36.5 Å². The van der Waals surface area contributed by atoms with Crippen LogP contribution in [0.15, 0.2) is 18.2 Å². The van der Waals surface area contributed by atoms with Crippen molar-refractivity contribution in [2.24, 2.45) is 5.92 Å². The normalized spacial score (nSPS) is 15.8. The van der Waals surface area contributed by atoms with E-state index in [-0.39, 0.29) is 18.7 Å². The molecule has 0 amide bonds. The second-order valence-corrected chi connectivity index (χ2v) is 6.50. The van der Waals surface area contributed by atoms with E-state index < -0.39 is 0 Å². The molecule has 0 bridgehead atoms. The fraction of sp³-hybridized carbons (Fsp3) is 0.611. The Morgan fingerprint density at radius 3 is 2.46 bits per heavy atom. The van der Waals surface area contributed by atoms with Crippen LogP contribution in [-0.2, 0) is 25.4 Å². The van der Waals surface area contributed by atoms with E-state index in [1.54, 1.807) is 14.2 Å². The van der Waals surface area contributed by atoms with Crippen molar-refractivity contribution in [1.29, 1.82) is 0 Å². The van der Waals surface area contributed by atoms with Crippen molar-refractivity contribution in [2.75, 3.05) is 39.3 Å². The van der Waals surface area contributed by atoms with Crippen LogP contribution in [-0.4, -0.2) is 46.7 Å². The Balaban J connectivity index is 1.92. The van der Waals surface area contributed by atoms with E-state index in [0.29, 0.717) is 10.9 Å². The number of hydrogen-bond donors (Lipinski definition) is 0. The Morgan fingerprint density at radius 2 is 1.92 bits per heavy atom. The Hall–Kier alpha value is -1.30. The predicted octanol–water partition coefficient (Wildman–Crippen LogP) is 3.28. The van der Waals surface area contributed by atoms with Crippen LogP contribution in [0.25, 0.3) is 0 Å². The number of halogens is 1. The molecule has 134 valence electrons. The average Bonchev–Trinajstić information content (AvgIpc) is 2.61. The molecule has 1 aromatic rings. The van der Waals surface area contributed by atoms with Gasteiger partial charge in [-0.3, -0.25) is 4.79 Å². The smallest absolute Gasteiger partial charge is 0.310 e. The maximum atomic E-state index is 11.4. The predicted molar refractivity (Wildman–Crippen MR) is 94.5 cm³/mol. The molecule has 0 saturated carbocycles. The van der Waals surface area contributed by atoms with Gasteiger partial charge < -0.3 is 19.1 Å². The van der Waals surface area contributed by atoms with Gasteiger partial charge in [-0.1, -0.05) is 17.7 Å². The SMILES string of the molecule is COC(=O)Cc1ccc(N2CCC(CC(OC)OC)CC2)cc1Cl. The number of carbonyl (C=O) groups is 1. The van der Waals surface area contributed by atoms with Gasteiger partial charge in [0.15, 0.2) is 6.29 Å². The fourth-order valence-electron chi connectivity index (χ4n) is 3.09. The number of benzene rings is 1. The molecule has 0 aromatic heterocycles. The third-order valence-corrected chi connectivity index (χ3v) is 4.98. The number of nitrogens with zero attached hydrogens (tertiary/aromatic N) is 1. The molecule has 0 N–H and O–H groups in total. The molecule has 0 atom stereocenters. The molecule has 0 aliphatic carbocycles. The standard InChI is InChI=1S/C18H26ClNO4/c1-22-17(21)11-14-4-5-15(12-16(14)19)20-8-6-13(7-9-20)10-18(23-2)24-3/h4-5,12-13,18H,6-11H2,1-3H3. The molecule has 6 heteroatoms. The van der Waals surface area contributed by atoms with Crippen molar-refractivity contribution < 1.29 is 19.0 Å². The first kappa shape index (κ1) is 19.0. The van der Waals surface area contributed by atoms with Gasteiger partial charge in [0, 0.05) is 44.4 Å². The largest absolute Gasteiger partial charge is 0.469 e. The van der Waals surface area contributed by atoms with Gasteiger partial charge in [-0.25, -0.2) is 0 Å². The van der Waals surface area contributed by atoms with Crippen LogP contribution in [0.2, 0.25) is 5.02 Å². The number of methoxy groups -OCH3 is 3. The van der Waals surface area contributed by atoms with E-state index in [2.05, 4.69) is 9.64 Å². The van der Waals surface area contributed by atoms with E-state index in [0.717, 1.165) is 43.6 Å². The molecule has 0 spiro atoms. The summed E-state index contributed by atoms with van der Waals surface area (Å²) in [5, 5.41) is 0.610. The summed E-state index contributed by atoms with van der Waals surface area (Å²) < 4.78 is 15.3. The summed E-state index contributed by atoms with van der Waals surface area (Å²) in [6, 6.07) is 5.87. The van der Waals surface area contributed by atoms with Crippen LogP contribution in [0.4, 0.5) is 5.69 Å². The summed E-state index contributed by atoms with van der Waals surface area (Å²) in [6.45, 7) is 1.97. The minimum absolute atomic E-state index is 0.117. The molecule has 1 aliphatic rings. The highest BCUT2D eigenvalue weighted by atomic mass is 35.5. The highest BCUT2D eigenvalue weighted by Gasteiger charge is 2.23. The maximum absolute atomic E-state index is 11.4. The first-order chi connectivity index (χ1) is 11.6. The zero-order valence-electron chi connectivity index (χ0n) is 14.6. The minimum atomic E-state index is -0.281. The third kappa shape index (κ3) is 5.10. The lowest BCUT2D eigenvalue weighted by atomic mass is 9.93. The van der Waals surface area contributed by atoms with Gasteiger partial charge in [0.05, 0.1) is 13.5 Å². The quantitative estimate of drug-likeness (QED) is 0.555. The van der Waals surface area contributed by atoms with Crippen molar-refractivity contribution in [1.82, 2.24) is 0 Å². The monoisotopic (exact) mass is 355 g/mol. The van der Waals surface area contributed by atoms with E-state index in [9.17, 15) is 4.79 Å². The maximum Gasteiger partial charge on any atom is 0.310 e. The number of carbonyl (C=O) groups excluding carboxylic acids is 1. The Kier molecular flexibility index (Phi) is 7.34. The molecule has 0 radical (unpaired) electrons. The molecule has 1 aliphatic heterocycles. The number of rotatable bonds is 7. The zero-order valence-corrected chi connectivity index (χ0v) is 15.3. The van der Waals surface area contributed by atoms with E-state index in [1.807, 2.05) is 18.2 Å². The van der Waals surface area contributed by atoms with Crippen LogP contribution >= 0.6 is 11.6 Å². The summed E-state index contributed by atoms with van der Waals surface area (Å²) in [7, 11) is 4.74. The number of esters is 1. The molecular formula is C18H26ClNO4. The van der Waals surface area contributed by atoms with E-state index in [1.165, 1.54) is 7.11 Å². The molecule has 5 nitrogen and oxygen atoms in total. The van der Waals surface area contributed by atoms with Crippen molar-refractivity contribution in [2.45, 2.75) is 32.0 Å². The number of anilines is 1. The van der Waals surface area contributed by atoms with Crippen molar-refractivity contribution in [3.63, 3.8) is 0 Å². The number of ether oxygens (including phenoxy) is 3. The Morgan fingerprint density at radius 1 is 1.25 bits per heavy atom. The highest BCUT2D eigenvalue weighted by Crippen LogP contribution is 2.29. The fourth-order valence-corrected chi connectivity index (χ4v) is 3.33. The third-order valence-electron chi connectivity index (χ3n) is 4.63. The molecular weight excluding hydrogens is 330 g/mol. The van der Waals surface area contributed by atoms with Gasteiger partial charge in [0.1, 0.15) is 0 Å². The zero-order chi connectivity index (χ0) is 17.5. The lowest BCUT2D eigenvalue weighted by Crippen LogP contribution is -2.35. The number of hydrogen-bond acceptors (Lipinski definition) is 5. The molecule has 24 heavy (non-hydrogen) atoms. The van der Waals surface area contributed by atoms with E-state index in [4.69, 9.17) is 21.1 Å². The summed E-state index contributed by atoms with van der Waals surface area (Å²) in [5.41, 5.74) is 1.90. The second kappa shape index (κ2) is 9.25. The lowest BCUT2D eigenvalue weighted by Gasteiger charge is -2.34. The topological polar surface area (TPSA) is 48.0 Å². The van der Waals surface area contributed by atoms with Crippen LogP contribution in [0.1, 0.15) is 24.8 Å². The summed E-state index contributed by atoms with van der Waals surface area (Å²) in [5.74, 6) is 0.330. The lowest BCUT2D eigenvalue weighted by molar-refractivity contribution is -0.139. The first-order valence-corrected chi connectivity index (χ1v) is 8.61. The first-order valence-electron chi connectivity index (χ1n) is 8.23.